The molecular weight excluding hydrogens is 346 g/mol. The summed E-state index contributed by atoms with van der Waals surface area (Å²) in [5.74, 6) is -1.38. The molecule has 1 amide bonds. The molecule has 0 spiro atoms. The van der Waals surface area contributed by atoms with E-state index in [1.807, 2.05) is 31.2 Å². The highest BCUT2D eigenvalue weighted by molar-refractivity contribution is 9.10. The molecule has 4 nitrogen and oxygen atoms in total. The lowest BCUT2D eigenvalue weighted by atomic mass is 9.64. The van der Waals surface area contributed by atoms with Crippen LogP contribution in [-0.4, -0.2) is 23.5 Å². The van der Waals surface area contributed by atoms with Crippen molar-refractivity contribution in [3.8, 4) is 0 Å². The van der Waals surface area contributed by atoms with Crippen LogP contribution in [0.15, 0.2) is 28.7 Å². The van der Waals surface area contributed by atoms with Gasteiger partial charge in [0.15, 0.2) is 0 Å². The van der Waals surface area contributed by atoms with Crippen molar-refractivity contribution in [3.63, 3.8) is 0 Å². The lowest BCUT2D eigenvalue weighted by molar-refractivity contribution is -0.142. The summed E-state index contributed by atoms with van der Waals surface area (Å²) in [7, 11) is 0. The molecule has 1 aliphatic rings. The highest BCUT2D eigenvalue weighted by atomic mass is 79.9. The van der Waals surface area contributed by atoms with Gasteiger partial charge in [-0.2, -0.15) is 0 Å². The highest BCUT2D eigenvalue weighted by Gasteiger charge is 2.45. The summed E-state index contributed by atoms with van der Waals surface area (Å²) in [6.45, 7) is 2.16. The largest absolute Gasteiger partial charge is 0.481 e. The van der Waals surface area contributed by atoms with E-state index in [0.717, 1.165) is 35.7 Å². The summed E-state index contributed by atoms with van der Waals surface area (Å²) in [6.07, 6.45) is 4.06. The van der Waals surface area contributed by atoms with Crippen LogP contribution in [0.1, 0.15) is 44.6 Å². The predicted molar refractivity (Wildman–Crippen MR) is 88.7 cm³/mol. The number of benzene rings is 1. The molecule has 0 saturated heterocycles. The van der Waals surface area contributed by atoms with Crippen LogP contribution in [0.3, 0.4) is 0 Å². The third kappa shape index (κ3) is 3.51. The van der Waals surface area contributed by atoms with Crippen LogP contribution in [-0.2, 0) is 15.0 Å². The summed E-state index contributed by atoms with van der Waals surface area (Å²) in [5, 5.41) is 12.1. The van der Waals surface area contributed by atoms with Crippen LogP contribution >= 0.6 is 15.9 Å². The number of hydrogen-bond acceptors (Lipinski definition) is 2. The average Bonchev–Trinajstić information content (AvgIpc) is 2.44. The third-order valence-corrected chi connectivity index (χ3v) is 5.06. The van der Waals surface area contributed by atoms with Crippen molar-refractivity contribution >= 4 is 27.8 Å². The molecule has 0 aliphatic heterocycles. The molecule has 0 radical (unpaired) electrons. The molecule has 0 aromatic heterocycles. The van der Waals surface area contributed by atoms with E-state index in [1.165, 1.54) is 0 Å². The quantitative estimate of drug-likeness (QED) is 0.774. The van der Waals surface area contributed by atoms with Crippen molar-refractivity contribution in [2.24, 2.45) is 5.92 Å². The number of carbonyl (C=O) groups is 2. The van der Waals surface area contributed by atoms with E-state index in [-0.39, 0.29) is 12.5 Å². The number of rotatable bonds is 7. The Kier molecular flexibility index (Phi) is 5.62. The summed E-state index contributed by atoms with van der Waals surface area (Å²) < 4.78 is 0.986. The Morgan fingerprint density at radius 1 is 1.32 bits per heavy atom. The minimum absolute atomic E-state index is 0.0385. The van der Waals surface area contributed by atoms with E-state index in [9.17, 15) is 14.7 Å². The van der Waals surface area contributed by atoms with Crippen molar-refractivity contribution in [2.75, 3.05) is 6.54 Å². The first-order chi connectivity index (χ1) is 10.5. The van der Waals surface area contributed by atoms with Crippen molar-refractivity contribution < 1.29 is 14.7 Å². The minimum atomic E-state index is -0.839. The predicted octanol–water partition coefficient (Wildman–Crippen LogP) is 3.49. The van der Waals surface area contributed by atoms with Gasteiger partial charge >= 0.3 is 5.97 Å². The van der Waals surface area contributed by atoms with Crippen LogP contribution in [0.2, 0.25) is 0 Å². The van der Waals surface area contributed by atoms with Crippen molar-refractivity contribution in [2.45, 2.75) is 44.4 Å². The van der Waals surface area contributed by atoms with E-state index in [4.69, 9.17) is 0 Å². The molecule has 5 heteroatoms. The molecule has 22 heavy (non-hydrogen) atoms. The zero-order chi connectivity index (χ0) is 16.2. The Bertz CT molecular complexity index is 537. The van der Waals surface area contributed by atoms with Crippen LogP contribution < -0.4 is 5.32 Å². The molecule has 1 fully saturated rings. The van der Waals surface area contributed by atoms with E-state index in [2.05, 4.69) is 21.2 Å². The van der Waals surface area contributed by atoms with E-state index in [1.54, 1.807) is 0 Å². The monoisotopic (exact) mass is 367 g/mol. The maximum atomic E-state index is 12.6. The maximum absolute atomic E-state index is 12.6. The molecule has 0 bridgehead atoms. The number of halogens is 1. The van der Waals surface area contributed by atoms with Gasteiger partial charge in [-0.3, -0.25) is 9.59 Å². The van der Waals surface area contributed by atoms with Crippen LogP contribution in [0.5, 0.6) is 0 Å². The molecule has 1 unspecified atom stereocenters. The van der Waals surface area contributed by atoms with E-state index in [0.29, 0.717) is 6.42 Å². The summed E-state index contributed by atoms with van der Waals surface area (Å²) >= 11 is 3.41. The maximum Gasteiger partial charge on any atom is 0.308 e. The number of aliphatic carboxylic acids is 1. The third-order valence-electron chi connectivity index (χ3n) is 4.53. The summed E-state index contributed by atoms with van der Waals surface area (Å²) in [4.78, 5) is 23.8. The second-order valence-corrected chi connectivity index (χ2v) is 6.89. The molecule has 0 heterocycles. The first kappa shape index (κ1) is 17.0. The normalized spacial score (nSPS) is 17.4. The number of hydrogen-bond donors (Lipinski definition) is 2. The molecule has 120 valence electrons. The van der Waals surface area contributed by atoms with Gasteiger partial charge in [0, 0.05) is 11.0 Å². The van der Waals surface area contributed by atoms with Gasteiger partial charge in [-0.1, -0.05) is 47.8 Å². The average molecular weight is 368 g/mol. The molecule has 1 aliphatic carbocycles. The SMILES string of the molecule is CCCC(CNC(=O)C1(c2ccc(Br)cc2)CCC1)C(=O)O. The Balaban J connectivity index is 2.06. The number of carboxylic acid groups (broad SMARTS) is 1. The van der Waals surface area contributed by atoms with Crippen LogP contribution in [0.4, 0.5) is 0 Å². The van der Waals surface area contributed by atoms with Gasteiger partial charge in [0.25, 0.3) is 0 Å². The zero-order valence-corrected chi connectivity index (χ0v) is 14.4. The van der Waals surface area contributed by atoms with Crippen LogP contribution in [0, 0.1) is 5.92 Å². The van der Waals surface area contributed by atoms with Gasteiger partial charge < -0.3 is 10.4 Å². The van der Waals surface area contributed by atoms with Crippen molar-refractivity contribution in [1.29, 1.82) is 0 Å². The highest BCUT2D eigenvalue weighted by Crippen LogP contribution is 2.44. The van der Waals surface area contributed by atoms with Gasteiger partial charge in [-0.05, 0) is 37.0 Å². The van der Waals surface area contributed by atoms with Gasteiger partial charge in [0.2, 0.25) is 5.91 Å². The topological polar surface area (TPSA) is 66.4 Å². The Hall–Kier alpha value is -1.36. The number of nitrogens with one attached hydrogen (secondary N) is 1. The summed E-state index contributed by atoms with van der Waals surface area (Å²) in [5.41, 5.74) is 0.539. The minimum Gasteiger partial charge on any atom is -0.481 e. The molecule has 2 rings (SSSR count). The Morgan fingerprint density at radius 2 is 1.95 bits per heavy atom. The first-order valence-corrected chi connectivity index (χ1v) is 8.56. The van der Waals surface area contributed by atoms with E-state index >= 15 is 0 Å². The van der Waals surface area contributed by atoms with Gasteiger partial charge in [0.05, 0.1) is 11.3 Å². The molecule has 1 aromatic rings. The lowest BCUT2D eigenvalue weighted by Gasteiger charge is -2.41. The lowest BCUT2D eigenvalue weighted by Crippen LogP contribution is -2.50. The molecular formula is C17H22BrNO3. The number of carbonyl (C=O) groups excluding carboxylic acids is 1. The molecule has 2 N–H and O–H groups in total. The fourth-order valence-corrected chi connectivity index (χ4v) is 3.26. The first-order valence-electron chi connectivity index (χ1n) is 7.77. The molecule has 1 atom stereocenters. The van der Waals surface area contributed by atoms with Gasteiger partial charge in [0.1, 0.15) is 0 Å². The van der Waals surface area contributed by atoms with E-state index < -0.39 is 17.3 Å². The van der Waals surface area contributed by atoms with Crippen molar-refractivity contribution in [1.82, 2.24) is 5.32 Å². The zero-order valence-electron chi connectivity index (χ0n) is 12.8. The smallest absolute Gasteiger partial charge is 0.308 e. The molecule has 1 aromatic carbocycles. The summed E-state index contributed by atoms with van der Waals surface area (Å²) in [6, 6.07) is 7.84. The van der Waals surface area contributed by atoms with Gasteiger partial charge in [-0.15, -0.1) is 0 Å². The second kappa shape index (κ2) is 7.27. The Morgan fingerprint density at radius 3 is 2.41 bits per heavy atom. The fourth-order valence-electron chi connectivity index (χ4n) is 2.99. The second-order valence-electron chi connectivity index (χ2n) is 5.98. The standard InChI is InChI=1S/C17H22BrNO3/c1-2-4-12(15(20)21)11-19-16(22)17(9-3-10-17)13-5-7-14(18)8-6-13/h5-8,12H,2-4,9-11H2,1H3,(H,19,22)(H,20,21). The Labute approximate surface area is 139 Å². The van der Waals surface area contributed by atoms with Crippen molar-refractivity contribution in [3.05, 3.63) is 34.3 Å². The number of amides is 1. The van der Waals surface area contributed by atoms with Crippen LogP contribution in [0.25, 0.3) is 0 Å². The molecule has 1 saturated carbocycles. The fraction of sp³-hybridized carbons (Fsp3) is 0.529. The number of carboxylic acids is 1. The van der Waals surface area contributed by atoms with Gasteiger partial charge in [-0.25, -0.2) is 0 Å².